The summed E-state index contributed by atoms with van der Waals surface area (Å²) in [4.78, 5) is 4.57. The Morgan fingerprint density at radius 2 is 2.05 bits per heavy atom. The molecular weight excluding hydrogens is 316 g/mol. The van der Waals surface area contributed by atoms with Gasteiger partial charge in [0.25, 0.3) is 0 Å². The summed E-state index contributed by atoms with van der Waals surface area (Å²) >= 11 is 3.49. The van der Waals surface area contributed by atoms with Crippen LogP contribution in [0.4, 0.5) is 0 Å². The number of aryl methyl sites for hydroxylation is 1. The van der Waals surface area contributed by atoms with Crippen molar-refractivity contribution in [3.8, 4) is 11.6 Å². The normalized spacial score (nSPS) is 10.6. The Morgan fingerprint density at radius 3 is 2.75 bits per heavy atom. The molecule has 1 aromatic carbocycles. The minimum Gasteiger partial charge on any atom is -0.438 e. The van der Waals surface area contributed by atoms with E-state index in [4.69, 9.17) is 4.74 Å². The van der Waals surface area contributed by atoms with Gasteiger partial charge in [0.2, 0.25) is 5.88 Å². The molecule has 2 aromatic rings. The molecular formula is C16H19BrN2O. The highest BCUT2D eigenvalue weighted by molar-refractivity contribution is 9.10. The summed E-state index contributed by atoms with van der Waals surface area (Å²) in [6.45, 7) is 2.96. The third-order valence-electron chi connectivity index (χ3n) is 2.85. The molecule has 0 aliphatic carbocycles. The van der Waals surface area contributed by atoms with Gasteiger partial charge in [0.05, 0.1) is 4.47 Å². The molecule has 3 nitrogen and oxygen atoms in total. The second-order valence-corrected chi connectivity index (χ2v) is 5.47. The molecule has 20 heavy (non-hydrogen) atoms. The molecule has 1 N–H and O–H groups in total. The first-order valence-electron chi connectivity index (χ1n) is 6.79. The standard InChI is InChI=1S/C16H19BrN2O/c1-3-6-13-9-12(11-18-2)10-16(19-13)20-15-8-5-4-7-14(15)17/h4-5,7-10,18H,3,6,11H2,1-2H3. The van der Waals surface area contributed by atoms with Gasteiger partial charge in [-0.3, -0.25) is 0 Å². The van der Waals surface area contributed by atoms with Crippen molar-refractivity contribution in [3.05, 3.63) is 52.1 Å². The van der Waals surface area contributed by atoms with E-state index in [0.717, 1.165) is 35.3 Å². The van der Waals surface area contributed by atoms with E-state index in [1.54, 1.807) is 0 Å². The molecule has 4 heteroatoms. The van der Waals surface area contributed by atoms with E-state index in [1.165, 1.54) is 5.56 Å². The van der Waals surface area contributed by atoms with Crippen LogP contribution in [0.15, 0.2) is 40.9 Å². The number of benzene rings is 1. The lowest BCUT2D eigenvalue weighted by Gasteiger charge is -2.10. The highest BCUT2D eigenvalue weighted by Crippen LogP contribution is 2.29. The summed E-state index contributed by atoms with van der Waals surface area (Å²) in [7, 11) is 1.94. The number of hydrogen-bond acceptors (Lipinski definition) is 3. The first kappa shape index (κ1) is 15.0. The highest BCUT2D eigenvalue weighted by atomic mass is 79.9. The van der Waals surface area contributed by atoms with Crippen molar-refractivity contribution in [3.63, 3.8) is 0 Å². The number of nitrogens with one attached hydrogen (secondary N) is 1. The van der Waals surface area contributed by atoms with Gasteiger partial charge in [0.15, 0.2) is 0 Å². The van der Waals surface area contributed by atoms with E-state index < -0.39 is 0 Å². The maximum absolute atomic E-state index is 5.90. The maximum atomic E-state index is 5.90. The zero-order valence-electron chi connectivity index (χ0n) is 11.8. The van der Waals surface area contributed by atoms with Crippen LogP contribution in [-0.2, 0) is 13.0 Å². The monoisotopic (exact) mass is 334 g/mol. The highest BCUT2D eigenvalue weighted by Gasteiger charge is 2.06. The van der Waals surface area contributed by atoms with Crippen LogP contribution in [0.25, 0.3) is 0 Å². The largest absolute Gasteiger partial charge is 0.438 e. The Bertz CT molecular complexity index is 548. The van der Waals surface area contributed by atoms with E-state index in [1.807, 2.05) is 37.4 Å². The Kier molecular flexibility index (Phi) is 5.56. The average molecular weight is 335 g/mol. The van der Waals surface area contributed by atoms with E-state index in [-0.39, 0.29) is 0 Å². The van der Waals surface area contributed by atoms with E-state index in [0.29, 0.717) is 5.88 Å². The summed E-state index contributed by atoms with van der Waals surface area (Å²) in [5, 5.41) is 3.16. The number of halogens is 1. The number of aromatic nitrogens is 1. The lowest BCUT2D eigenvalue weighted by Crippen LogP contribution is -2.06. The summed E-state index contributed by atoms with van der Waals surface area (Å²) in [6, 6.07) is 11.9. The van der Waals surface area contributed by atoms with Crippen LogP contribution in [0.1, 0.15) is 24.6 Å². The third-order valence-corrected chi connectivity index (χ3v) is 3.51. The molecule has 2 rings (SSSR count). The van der Waals surface area contributed by atoms with Crippen molar-refractivity contribution in [2.75, 3.05) is 7.05 Å². The fraction of sp³-hybridized carbons (Fsp3) is 0.312. The topological polar surface area (TPSA) is 34.1 Å². The van der Waals surface area contributed by atoms with Crippen molar-refractivity contribution in [1.82, 2.24) is 10.3 Å². The quantitative estimate of drug-likeness (QED) is 0.854. The zero-order chi connectivity index (χ0) is 14.4. The van der Waals surface area contributed by atoms with Crippen molar-refractivity contribution < 1.29 is 4.74 Å². The van der Waals surface area contributed by atoms with Crippen LogP contribution >= 0.6 is 15.9 Å². The molecule has 1 aromatic heterocycles. The lowest BCUT2D eigenvalue weighted by atomic mass is 10.1. The maximum Gasteiger partial charge on any atom is 0.219 e. The van der Waals surface area contributed by atoms with Gasteiger partial charge in [-0.15, -0.1) is 0 Å². The number of para-hydroxylation sites is 1. The summed E-state index contributed by atoms with van der Waals surface area (Å²) < 4.78 is 6.83. The minimum atomic E-state index is 0.646. The van der Waals surface area contributed by atoms with Gasteiger partial charge >= 0.3 is 0 Å². The smallest absolute Gasteiger partial charge is 0.219 e. The molecule has 0 aliphatic rings. The van der Waals surface area contributed by atoms with Crippen LogP contribution < -0.4 is 10.1 Å². The molecule has 0 atom stereocenters. The molecule has 0 fully saturated rings. The van der Waals surface area contributed by atoms with Crippen molar-refractivity contribution >= 4 is 15.9 Å². The second-order valence-electron chi connectivity index (χ2n) is 4.62. The zero-order valence-corrected chi connectivity index (χ0v) is 13.4. The Morgan fingerprint density at radius 1 is 1.25 bits per heavy atom. The van der Waals surface area contributed by atoms with Crippen molar-refractivity contribution in [2.45, 2.75) is 26.3 Å². The van der Waals surface area contributed by atoms with Crippen molar-refractivity contribution in [1.29, 1.82) is 0 Å². The van der Waals surface area contributed by atoms with E-state index in [9.17, 15) is 0 Å². The van der Waals surface area contributed by atoms with Crippen LogP contribution in [0.5, 0.6) is 11.6 Å². The van der Waals surface area contributed by atoms with E-state index >= 15 is 0 Å². The molecule has 0 saturated heterocycles. The Labute approximate surface area is 128 Å². The van der Waals surface area contributed by atoms with Gasteiger partial charge in [-0.05, 0) is 53.2 Å². The van der Waals surface area contributed by atoms with Gasteiger partial charge in [0.1, 0.15) is 5.75 Å². The summed E-state index contributed by atoms with van der Waals surface area (Å²) in [5.41, 5.74) is 2.26. The van der Waals surface area contributed by atoms with Crippen LogP contribution in [-0.4, -0.2) is 12.0 Å². The fourth-order valence-electron chi connectivity index (χ4n) is 2.00. The Balaban J connectivity index is 2.28. The van der Waals surface area contributed by atoms with Gasteiger partial charge in [0, 0.05) is 18.3 Å². The fourth-order valence-corrected chi connectivity index (χ4v) is 2.37. The molecule has 0 spiro atoms. The van der Waals surface area contributed by atoms with Gasteiger partial charge < -0.3 is 10.1 Å². The second kappa shape index (κ2) is 7.41. The number of ether oxygens (including phenoxy) is 1. The number of hydrogen-bond donors (Lipinski definition) is 1. The average Bonchev–Trinajstić information content (AvgIpc) is 2.42. The molecule has 0 bridgehead atoms. The minimum absolute atomic E-state index is 0.646. The Hall–Kier alpha value is -1.39. The molecule has 0 amide bonds. The van der Waals surface area contributed by atoms with Crippen LogP contribution in [0.3, 0.4) is 0 Å². The molecule has 0 saturated carbocycles. The van der Waals surface area contributed by atoms with Gasteiger partial charge in [-0.1, -0.05) is 25.5 Å². The summed E-state index contributed by atoms with van der Waals surface area (Å²) in [5.74, 6) is 1.43. The summed E-state index contributed by atoms with van der Waals surface area (Å²) in [6.07, 6.45) is 2.04. The predicted molar refractivity (Wildman–Crippen MR) is 85.2 cm³/mol. The first-order chi connectivity index (χ1) is 9.72. The van der Waals surface area contributed by atoms with Gasteiger partial charge in [-0.2, -0.15) is 0 Å². The molecule has 0 radical (unpaired) electrons. The molecule has 106 valence electrons. The molecule has 0 unspecified atom stereocenters. The van der Waals surface area contributed by atoms with Crippen LogP contribution in [0, 0.1) is 0 Å². The predicted octanol–water partition coefficient (Wildman–Crippen LogP) is 4.31. The first-order valence-corrected chi connectivity index (χ1v) is 7.59. The number of nitrogens with zero attached hydrogens (tertiary/aromatic N) is 1. The number of rotatable bonds is 6. The van der Waals surface area contributed by atoms with Gasteiger partial charge in [-0.25, -0.2) is 4.98 Å². The lowest BCUT2D eigenvalue weighted by molar-refractivity contribution is 0.456. The number of pyridine rings is 1. The third kappa shape index (κ3) is 4.05. The molecule has 1 heterocycles. The van der Waals surface area contributed by atoms with E-state index in [2.05, 4.69) is 39.2 Å². The van der Waals surface area contributed by atoms with Crippen molar-refractivity contribution in [2.24, 2.45) is 0 Å². The molecule has 0 aliphatic heterocycles. The SMILES string of the molecule is CCCc1cc(CNC)cc(Oc2ccccc2Br)n1. The van der Waals surface area contributed by atoms with Crippen LogP contribution in [0.2, 0.25) is 0 Å².